The average Bonchev–Trinajstić information content (AvgIpc) is 2.89. The molecule has 2 heterocycles. The molecule has 4 aromatic rings. The molecule has 5 rings (SSSR count). The van der Waals surface area contributed by atoms with E-state index in [-0.39, 0.29) is 11.2 Å². The summed E-state index contributed by atoms with van der Waals surface area (Å²) < 4.78 is 22.7. The SMILES string of the molecule is CCCOC(=O)c1ccc(Oc2coc3c4c(ccc3c2=O)OCN(Cc2ccccc2)C4)cc1. The maximum atomic E-state index is 13.2. The highest BCUT2D eigenvalue weighted by Crippen LogP contribution is 2.33. The maximum absolute atomic E-state index is 13.2. The Morgan fingerprint density at radius 1 is 1.03 bits per heavy atom. The van der Waals surface area contributed by atoms with Crippen molar-refractivity contribution in [1.82, 2.24) is 4.90 Å². The van der Waals surface area contributed by atoms with Crippen molar-refractivity contribution in [2.45, 2.75) is 26.4 Å². The number of rotatable bonds is 7. The Kier molecular flexibility index (Phi) is 6.50. The van der Waals surface area contributed by atoms with Crippen LogP contribution in [0.1, 0.15) is 34.8 Å². The molecule has 0 bridgehead atoms. The summed E-state index contributed by atoms with van der Waals surface area (Å²) in [4.78, 5) is 27.3. The minimum atomic E-state index is -0.392. The Morgan fingerprint density at radius 2 is 1.83 bits per heavy atom. The standard InChI is InChI=1S/C28H25NO6/c1-2-14-32-28(31)20-8-10-21(11-9-20)35-25-17-33-27-22(26(25)30)12-13-24-23(27)16-29(18-34-24)15-19-6-4-3-5-7-19/h3-13,17H,2,14-16,18H2,1H3. The number of carbonyl (C=O) groups excluding carboxylic acids is 1. The lowest BCUT2D eigenvalue weighted by atomic mass is 10.1. The van der Waals surface area contributed by atoms with Gasteiger partial charge in [0.2, 0.25) is 11.2 Å². The Labute approximate surface area is 202 Å². The van der Waals surface area contributed by atoms with Gasteiger partial charge in [-0.2, -0.15) is 0 Å². The molecule has 1 aliphatic rings. The molecule has 0 atom stereocenters. The van der Waals surface area contributed by atoms with Crippen molar-refractivity contribution in [3.63, 3.8) is 0 Å². The van der Waals surface area contributed by atoms with Crippen LogP contribution in [0.15, 0.2) is 82.2 Å². The third kappa shape index (κ3) is 4.90. The molecular formula is C28H25NO6. The van der Waals surface area contributed by atoms with Gasteiger partial charge in [-0.15, -0.1) is 0 Å². The molecule has 178 valence electrons. The summed E-state index contributed by atoms with van der Waals surface area (Å²) in [5, 5.41) is 0.422. The highest BCUT2D eigenvalue weighted by molar-refractivity contribution is 5.89. The summed E-state index contributed by atoms with van der Waals surface area (Å²) in [6, 6.07) is 20.1. The van der Waals surface area contributed by atoms with Crippen molar-refractivity contribution in [2.24, 2.45) is 0 Å². The van der Waals surface area contributed by atoms with Gasteiger partial charge < -0.3 is 18.6 Å². The fourth-order valence-electron chi connectivity index (χ4n) is 4.01. The fraction of sp³-hybridized carbons (Fsp3) is 0.214. The zero-order chi connectivity index (χ0) is 24.2. The van der Waals surface area contributed by atoms with Crippen molar-refractivity contribution in [3.8, 4) is 17.2 Å². The topological polar surface area (TPSA) is 78.2 Å². The van der Waals surface area contributed by atoms with Crippen LogP contribution >= 0.6 is 0 Å². The van der Waals surface area contributed by atoms with Crippen molar-refractivity contribution >= 4 is 16.9 Å². The highest BCUT2D eigenvalue weighted by Gasteiger charge is 2.23. The molecule has 0 amide bonds. The van der Waals surface area contributed by atoms with Gasteiger partial charge in [0.1, 0.15) is 30.1 Å². The molecule has 7 heteroatoms. The van der Waals surface area contributed by atoms with Crippen LogP contribution in [0, 0.1) is 0 Å². The normalized spacial score (nSPS) is 13.2. The van der Waals surface area contributed by atoms with Crippen molar-refractivity contribution in [3.05, 3.63) is 99.9 Å². The molecule has 0 saturated carbocycles. The number of hydrogen-bond acceptors (Lipinski definition) is 7. The van der Waals surface area contributed by atoms with Crippen molar-refractivity contribution < 1.29 is 23.4 Å². The quantitative estimate of drug-likeness (QED) is 0.329. The zero-order valence-electron chi connectivity index (χ0n) is 19.4. The number of hydrogen-bond donors (Lipinski definition) is 0. The zero-order valence-corrected chi connectivity index (χ0v) is 19.4. The van der Waals surface area contributed by atoms with Gasteiger partial charge in [-0.05, 0) is 48.4 Å². The van der Waals surface area contributed by atoms with Crippen LogP contribution in [0.2, 0.25) is 0 Å². The van der Waals surface area contributed by atoms with E-state index in [0.29, 0.717) is 47.9 Å². The van der Waals surface area contributed by atoms with Gasteiger partial charge in [0.25, 0.3) is 0 Å². The number of ether oxygens (including phenoxy) is 3. The fourth-order valence-corrected chi connectivity index (χ4v) is 4.01. The number of fused-ring (bicyclic) bond motifs is 3. The lowest BCUT2D eigenvalue weighted by Gasteiger charge is -2.29. The second kappa shape index (κ2) is 10.0. The van der Waals surface area contributed by atoms with E-state index in [9.17, 15) is 9.59 Å². The van der Waals surface area contributed by atoms with E-state index in [1.807, 2.05) is 25.1 Å². The van der Waals surface area contributed by atoms with E-state index in [1.165, 1.54) is 11.8 Å². The molecule has 0 spiro atoms. The van der Waals surface area contributed by atoms with Crippen LogP contribution in [0.4, 0.5) is 0 Å². The van der Waals surface area contributed by atoms with Crippen LogP contribution < -0.4 is 14.9 Å². The number of carbonyl (C=O) groups is 1. The van der Waals surface area contributed by atoms with E-state index >= 15 is 0 Å². The van der Waals surface area contributed by atoms with Gasteiger partial charge >= 0.3 is 5.97 Å². The molecular weight excluding hydrogens is 446 g/mol. The summed E-state index contributed by atoms with van der Waals surface area (Å²) in [6.45, 7) is 4.09. The Morgan fingerprint density at radius 3 is 2.60 bits per heavy atom. The number of nitrogens with zero attached hydrogens (tertiary/aromatic N) is 1. The minimum Gasteiger partial charge on any atom is -0.478 e. The lowest BCUT2D eigenvalue weighted by molar-refractivity contribution is 0.0505. The molecule has 0 aliphatic carbocycles. The molecule has 7 nitrogen and oxygen atoms in total. The predicted octanol–water partition coefficient (Wildman–Crippen LogP) is 5.50. The molecule has 1 aromatic heterocycles. The smallest absolute Gasteiger partial charge is 0.338 e. The van der Waals surface area contributed by atoms with E-state index in [1.54, 1.807) is 36.4 Å². The minimum absolute atomic E-state index is 0.0663. The molecule has 0 fully saturated rings. The van der Waals surface area contributed by atoms with E-state index in [2.05, 4.69) is 17.0 Å². The Hall–Kier alpha value is -4.10. The van der Waals surface area contributed by atoms with Gasteiger partial charge in [0.05, 0.1) is 23.1 Å². The van der Waals surface area contributed by atoms with Crippen LogP contribution in [-0.4, -0.2) is 24.2 Å². The second-order valence-electron chi connectivity index (χ2n) is 8.36. The molecule has 0 N–H and O–H groups in total. The van der Waals surface area contributed by atoms with Crippen molar-refractivity contribution in [1.29, 1.82) is 0 Å². The number of benzene rings is 3. The highest BCUT2D eigenvalue weighted by atomic mass is 16.5. The summed E-state index contributed by atoms with van der Waals surface area (Å²) in [6.07, 6.45) is 2.08. The van der Waals surface area contributed by atoms with Gasteiger partial charge in [-0.3, -0.25) is 9.69 Å². The third-order valence-corrected chi connectivity index (χ3v) is 5.76. The number of esters is 1. The Balaban J connectivity index is 1.36. The molecule has 3 aromatic carbocycles. The molecule has 35 heavy (non-hydrogen) atoms. The monoisotopic (exact) mass is 471 g/mol. The first kappa shape index (κ1) is 22.7. The first-order chi connectivity index (χ1) is 17.1. The van der Waals surface area contributed by atoms with Gasteiger partial charge in [0, 0.05) is 13.1 Å². The summed E-state index contributed by atoms with van der Waals surface area (Å²) in [5.41, 5.74) is 2.65. The van der Waals surface area contributed by atoms with Gasteiger partial charge in [-0.25, -0.2) is 4.79 Å². The molecule has 0 unspecified atom stereocenters. The average molecular weight is 472 g/mol. The molecule has 0 radical (unpaired) electrons. The van der Waals surface area contributed by atoms with Crippen LogP contribution in [0.3, 0.4) is 0 Å². The maximum Gasteiger partial charge on any atom is 0.338 e. The van der Waals surface area contributed by atoms with Gasteiger partial charge in [0.15, 0.2) is 0 Å². The predicted molar refractivity (Wildman–Crippen MR) is 131 cm³/mol. The lowest BCUT2D eigenvalue weighted by Crippen LogP contribution is -2.31. The Bertz CT molecular complexity index is 1400. The molecule has 0 saturated heterocycles. The van der Waals surface area contributed by atoms with Crippen LogP contribution in [0.25, 0.3) is 11.0 Å². The van der Waals surface area contributed by atoms with Crippen LogP contribution in [-0.2, 0) is 17.8 Å². The van der Waals surface area contributed by atoms with Crippen molar-refractivity contribution in [2.75, 3.05) is 13.3 Å². The van der Waals surface area contributed by atoms with Crippen LogP contribution in [0.5, 0.6) is 17.2 Å². The summed E-state index contributed by atoms with van der Waals surface area (Å²) >= 11 is 0. The first-order valence-electron chi connectivity index (χ1n) is 11.5. The van der Waals surface area contributed by atoms with Gasteiger partial charge in [-0.1, -0.05) is 37.3 Å². The van der Waals surface area contributed by atoms with E-state index in [4.69, 9.17) is 18.6 Å². The third-order valence-electron chi connectivity index (χ3n) is 5.76. The summed E-state index contributed by atoms with van der Waals surface area (Å²) in [7, 11) is 0. The largest absolute Gasteiger partial charge is 0.478 e. The first-order valence-corrected chi connectivity index (χ1v) is 11.5. The molecule has 1 aliphatic heterocycles. The van der Waals surface area contributed by atoms with E-state index < -0.39 is 5.97 Å². The second-order valence-corrected chi connectivity index (χ2v) is 8.36. The van der Waals surface area contributed by atoms with E-state index in [0.717, 1.165) is 18.5 Å². The summed E-state index contributed by atoms with van der Waals surface area (Å²) in [5.74, 6) is 0.803.